The van der Waals surface area contributed by atoms with E-state index in [0.29, 0.717) is 18.7 Å². The Morgan fingerprint density at radius 3 is 2.71 bits per heavy atom. The number of carbonyl (C=O) groups excluding carboxylic acids is 1. The Kier molecular flexibility index (Phi) is 4.85. The van der Waals surface area contributed by atoms with Gasteiger partial charge in [0.2, 0.25) is 0 Å². The van der Waals surface area contributed by atoms with Gasteiger partial charge in [-0.15, -0.1) is 0 Å². The lowest BCUT2D eigenvalue weighted by Crippen LogP contribution is -2.40. The highest BCUT2D eigenvalue weighted by molar-refractivity contribution is 5.94. The molecule has 1 fully saturated rings. The van der Waals surface area contributed by atoms with E-state index in [4.69, 9.17) is 0 Å². The second-order valence-electron chi connectivity index (χ2n) is 7.12. The summed E-state index contributed by atoms with van der Waals surface area (Å²) in [6.45, 7) is 3.84. The van der Waals surface area contributed by atoms with Gasteiger partial charge in [-0.3, -0.25) is 9.36 Å². The molecule has 0 spiro atoms. The number of hydrogen-bond acceptors (Lipinski definition) is 4. The third kappa shape index (κ3) is 3.26. The maximum atomic E-state index is 13.0. The summed E-state index contributed by atoms with van der Waals surface area (Å²) in [7, 11) is 1.67. The summed E-state index contributed by atoms with van der Waals surface area (Å²) in [5.74, 6) is 0.878. The lowest BCUT2D eigenvalue weighted by Gasteiger charge is -2.32. The third-order valence-electron chi connectivity index (χ3n) is 5.34. The average Bonchev–Trinajstić information content (AvgIpc) is 3.36. The maximum absolute atomic E-state index is 13.0. The van der Waals surface area contributed by atoms with E-state index in [0.717, 1.165) is 30.9 Å². The van der Waals surface area contributed by atoms with Gasteiger partial charge in [0.05, 0.1) is 6.33 Å². The summed E-state index contributed by atoms with van der Waals surface area (Å²) in [5, 5.41) is 4.43. The lowest BCUT2D eigenvalue weighted by atomic mass is 9.96. The van der Waals surface area contributed by atoms with Crippen molar-refractivity contribution in [3.63, 3.8) is 0 Å². The Bertz CT molecular complexity index is 1020. The second kappa shape index (κ2) is 7.46. The minimum atomic E-state index is -0.101. The van der Waals surface area contributed by atoms with Gasteiger partial charge in [-0.05, 0) is 44.0 Å². The summed E-state index contributed by atoms with van der Waals surface area (Å²) < 4.78 is 4.99. The molecule has 0 radical (unpaired) electrons. The molecule has 28 heavy (non-hydrogen) atoms. The fourth-order valence-corrected chi connectivity index (χ4v) is 3.87. The molecule has 1 aliphatic rings. The maximum Gasteiger partial charge on any atom is 0.345 e. The SMILES string of the molecule is CCn1c([C@@H]2CCCN(C(=O)c3ccc(-n4ccnc4)cc3)C2)nn(C)c1=O. The van der Waals surface area contributed by atoms with Crippen molar-refractivity contribution in [2.24, 2.45) is 7.05 Å². The number of likely N-dealkylation sites (tertiary alicyclic amines) is 1. The van der Waals surface area contributed by atoms with E-state index in [2.05, 4.69) is 10.1 Å². The fraction of sp³-hybridized carbons (Fsp3) is 0.400. The average molecular weight is 380 g/mol. The Morgan fingerprint density at radius 2 is 2.04 bits per heavy atom. The molecular formula is C20H24N6O2. The van der Waals surface area contributed by atoms with Gasteiger partial charge >= 0.3 is 5.69 Å². The number of imidazole rings is 1. The topological polar surface area (TPSA) is 78.0 Å². The minimum Gasteiger partial charge on any atom is -0.338 e. The van der Waals surface area contributed by atoms with Crippen LogP contribution in [0, 0.1) is 0 Å². The third-order valence-corrected chi connectivity index (χ3v) is 5.34. The van der Waals surface area contributed by atoms with Crippen LogP contribution in [0.2, 0.25) is 0 Å². The number of aromatic nitrogens is 5. The number of carbonyl (C=O) groups is 1. The van der Waals surface area contributed by atoms with Crippen molar-refractivity contribution in [2.75, 3.05) is 13.1 Å². The number of benzene rings is 1. The highest BCUT2D eigenvalue weighted by Gasteiger charge is 2.29. The van der Waals surface area contributed by atoms with Crippen molar-refractivity contribution >= 4 is 5.91 Å². The van der Waals surface area contributed by atoms with Crippen LogP contribution in [0.4, 0.5) is 0 Å². The van der Waals surface area contributed by atoms with Gasteiger partial charge in [-0.2, -0.15) is 5.10 Å². The summed E-state index contributed by atoms with van der Waals surface area (Å²) >= 11 is 0. The van der Waals surface area contributed by atoms with Crippen molar-refractivity contribution < 1.29 is 4.79 Å². The van der Waals surface area contributed by atoms with Gasteiger partial charge in [0.15, 0.2) is 0 Å². The highest BCUT2D eigenvalue weighted by Crippen LogP contribution is 2.26. The van der Waals surface area contributed by atoms with Crippen LogP contribution in [-0.4, -0.2) is 47.8 Å². The summed E-state index contributed by atoms with van der Waals surface area (Å²) in [6, 6.07) is 7.54. The number of rotatable bonds is 4. The normalized spacial score (nSPS) is 17.1. The van der Waals surface area contributed by atoms with Crippen molar-refractivity contribution in [1.82, 2.24) is 28.8 Å². The molecule has 0 aliphatic carbocycles. The number of piperidine rings is 1. The molecule has 0 saturated carbocycles. The van der Waals surface area contributed by atoms with E-state index in [1.165, 1.54) is 4.68 Å². The molecule has 0 unspecified atom stereocenters. The molecule has 4 rings (SSSR count). The van der Waals surface area contributed by atoms with E-state index in [1.807, 2.05) is 46.9 Å². The number of amides is 1. The van der Waals surface area contributed by atoms with Gasteiger partial charge < -0.3 is 9.47 Å². The van der Waals surface area contributed by atoms with Crippen LogP contribution >= 0.6 is 0 Å². The van der Waals surface area contributed by atoms with Gasteiger partial charge in [-0.25, -0.2) is 14.5 Å². The first-order valence-electron chi connectivity index (χ1n) is 9.60. The predicted molar refractivity (Wildman–Crippen MR) is 105 cm³/mol. The van der Waals surface area contributed by atoms with Gasteiger partial charge in [-0.1, -0.05) is 0 Å². The van der Waals surface area contributed by atoms with Crippen molar-refractivity contribution in [3.05, 3.63) is 64.9 Å². The molecule has 3 heterocycles. The van der Waals surface area contributed by atoms with Crippen LogP contribution < -0.4 is 5.69 Å². The van der Waals surface area contributed by atoms with E-state index < -0.39 is 0 Å². The predicted octanol–water partition coefficient (Wildman–Crippen LogP) is 1.81. The smallest absolute Gasteiger partial charge is 0.338 e. The Labute approximate surface area is 163 Å². The minimum absolute atomic E-state index is 0.0169. The van der Waals surface area contributed by atoms with Crippen LogP contribution in [0.15, 0.2) is 47.8 Å². The summed E-state index contributed by atoms with van der Waals surface area (Å²) in [4.78, 5) is 31.1. The van der Waals surface area contributed by atoms with E-state index in [9.17, 15) is 9.59 Å². The zero-order valence-corrected chi connectivity index (χ0v) is 16.2. The first-order chi connectivity index (χ1) is 13.6. The van der Waals surface area contributed by atoms with Crippen LogP contribution in [0.3, 0.4) is 0 Å². The quantitative estimate of drug-likeness (QED) is 0.692. The van der Waals surface area contributed by atoms with Gasteiger partial charge in [0.1, 0.15) is 5.82 Å². The first kappa shape index (κ1) is 18.2. The zero-order chi connectivity index (χ0) is 19.7. The first-order valence-corrected chi connectivity index (χ1v) is 9.60. The molecule has 1 aromatic carbocycles. The zero-order valence-electron chi connectivity index (χ0n) is 16.2. The molecule has 1 atom stereocenters. The molecule has 3 aromatic rings. The van der Waals surface area contributed by atoms with Gasteiger partial charge in [0.25, 0.3) is 5.91 Å². The molecule has 8 nitrogen and oxygen atoms in total. The molecule has 1 saturated heterocycles. The molecule has 1 aliphatic heterocycles. The Balaban J connectivity index is 1.52. The second-order valence-corrected chi connectivity index (χ2v) is 7.12. The number of aryl methyl sites for hydroxylation is 1. The van der Waals surface area contributed by atoms with Crippen LogP contribution in [0.1, 0.15) is 41.9 Å². The molecule has 2 aromatic heterocycles. The molecule has 1 amide bonds. The summed E-state index contributed by atoms with van der Waals surface area (Å²) in [5.41, 5.74) is 1.53. The molecule has 146 valence electrons. The van der Waals surface area contributed by atoms with E-state index >= 15 is 0 Å². The van der Waals surface area contributed by atoms with E-state index in [-0.39, 0.29) is 17.5 Å². The largest absolute Gasteiger partial charge is 0.345 e. The number of nitrogens with zero attached hydrogens (tertiary/aromatic N) is 6. The van der Waals surface area contributed by atoms with E-state index in [1.54, 1.807) is 24.1 Å². The summed E-state index contributed by atoms with van der Waals surface area (Å²) in [6.07, 6.45) is 7.15. The van der Waals surface area contributed by atoms with Crippen molar-refractivity contribution in [1.29, 1.82) is 0 Å². The lowest BCUT2D eigenvalue weighted by molar-refractivity contribution is 0.0703. The van der Waals surface area contributed by atoms with Crippen LogP contribution in [0.25, 0.3) is 5.69 Å². The Morgan fingerprint density at radius 1 is 1.25 bits per heavy atom. The van der Waals surface area contributed by atoms with Crippen molar-refractivity contribution in [2.45, 2.75) is 32.2 Å². The molecule has 0 bridgehead atoms. The standard InChI is InChI=1S/C20H24N6O2/c1-3-26-18(22-23(2)20(26)28)16-5-4-11-24(13-16)19(27)15-6-8-17(9-7-15)25-12-10-21-14-25/h6-10,12,14,16H,3-5,11,13H2,1-2H3/t16-/m1/s1. The van der Waals surface area contributed by atoms with Crippen LogP contribution in [0.5, 0.6) is 0 Å². The number of hydrogen-bond donors (Lipinski definition) is 0. The van der Waals surface area contributed by atoms with Crippen LogP contribution in [-0.2, 0) is 13.6 Å². The Hall–Kier alpha value is -3.16. The van der Waals surface area contributed by atoms with Gasteiger partial charge in [0, 0.05) is 56.2 Å². The van der Waals surface area contributed by atoms with Crippen molar-refractivity contribution in [3.8, 4) is 5.69 Å². The molecule has 8 heteroatoms. The monoisotopic (exact) mass is 380 g/mol. The highest BCUT2D eigenvalue weighted by atomic mass is 16.2. The molecule has 0 N–H and O–H groups in total. The fourth-order valence-electron chi connectivity index (χ4n) is 3.87. The molecular weight excluding hydrogens is 356 g/mol.